The lowest BCUT2D eigenvalue weighted by atomic mass is 9.82. The van der Waals surface area contributed by atoms with Crippen molar-refractivity contribution < 1.29 is 4.74 Å². The normalized spacial score (nSPS) is 28.4. The Kier molecular flexibility index (Phi) is 4.03. The van der Waals surface area contributed by atoms with Gasteiger partial charge in [-0.05, 0) is 43.4 Å². The average molecular weight is 261 g/mol. The van der Waals surface area contributed by atoms with Crippen molar-refractivity contribution >= 4 is 0 Å². The second-order valence-electron chi connectivity index (χ2n) is 6.89. The molecule has 1 aromatic carbocycles. The number of hydrogen-bond acceptors (Lipinski definition) is 2. The van der Waals surface area contributed by atoms with Gasteiger partial charge in [-0.3, -0.25) is 0 Å². The van der Waals surface area contributed by atoms with E-state index < -0.39 is 0 Å². The summed E-state index contributed by atoms with van der Waals surface area (Å²) in [5.74, 6) is 0. The maximum Gasteiger partial charge on any atom is 0.0918 e. The highest BCUT2D eigenvalue weighted by Crippen LogP contribution is 2.35. The third-order valence-corrected chi connectivity index (χ3v) is 4.29. The highest BCUT2D eigenvalue weighted by molar-refractivity contribution is 5.31. The molecule has 2 unspecified atom stereocenters. The van der Waals surface area contributed by atoms with Crippen LogP contribution < -0.4 is 5.32 Å². The Morgan fingerprint density at radius 3 is 2.37 bits per heavy atom. The zero-order valence-corrected chi connectivity index (χ0v) is 12.9. The third-order valence-electron chi connectivity index (χ3n) is 4.29. The van der Waals surface area contributed by atoms with Crippen LogP contribution in [0, 0.1) is 0 Å². The van der Waals surface area contributed by atoms with Gasteiger partial charge in [0.15, 0.2) is 0 Å². The summed E-state index contributed by atoms with van der Waals surface area (Å²) in [6.45, 7) is 9.79. The fraction of sp³-hybridized carbons (Fsp3) is 0.647. The maximum atomic E-state index is 6.07. The molecule has 1 aliphatic heterocycles. The van der Waals surface area contributed by atoms with Crippen LogP contribution in [0.1, 0.15) is 51.7 Å². The number of benzene rings is 1. The summed E-state index contributed by atoms with van der Waals surface area (Å²) < 4.78 is 6.07. The average Bonchev–Trinajstić information content (AvgIpc) is 2.38. The lowest BCUT2D eigenvalue weighted by Gasteiger charge is -2.39. The highest BCUT2D eigenvalue weighted by atomic mass is 16.5. The Labute approximate surface area is 117 Å². The number of ether oxygens (including phenoxy) is 1. The Morgan fingerprint density at radius 2 is 1.84 bits per heavy atom. The molecule has 19 heavy (non-hydrogen) atoms. The van der Waals surface area contributed by atoms with E-state index in [1.807, 2.05) is 7.05 Å². The predicted molar refractivity (Wildman–Crippen MR) is 80.5 cm³/mol. The Morgan fingerprint density at radius 1 is 1.21 bits per heavy atom. The molecule has 1 saturated heterocycles. The molecule has 2 nitrogen and oxygen atoms in total. The molecule has 0 bridgehead atoms. The van der Waals surface area contributed by atoms with Crippen LogP contribution in [-0.2, 0) is 15.8 Å². The van der Waals surface area contributed by atoms with E-state index in [2.05, 4.69) is 57.3 Å². The minimum Gasteiger partial charge on any atom is -0.370 e. The molecule has 0 aromatic heterocycles. The van der Waals surface area contributed by atoms with E-state index in [0.717, 1.165) is 19.4 Å². The van der Waals surface area contributed by atoms with Crippen molar-refractivity contribution in [3.8, 4) is 0 Å². The molecular formula is C17H27NO. The first-order chi connectivity index (χ1) is 8.85. The zero-order chi connectivity index (χ0) is 14.1. The van der Waals surface area contributed by atoms with Gasteiger partial charge in [-0.25, -0.2) is 0 Å². The van der Waals surface area contributed by atoms with Crippen LogP contribution in [0.25, 0.3) is 0 Å². The topological polar surface area (TPSA) is 21.3 Å². The molecule has 1 heterocycles. The first-order valence-electron chi connectivity index (χ1n) is 7.27. The molecule has 0 radical (unpaired) electrons. The van der Waals surface area contributed by atoms with Crippen LogP contribution in [0.5, 0.6) is 0 Å². The number of nitrogens with one attached hydrogen (secondary N) is 1. The summed E-state index contributed by atoms with van der Waals surface area (Å²) in [7, 11) is 2.04. The Bertz CT molecular complexity index is 418. The number of rotatable bonds is 2. The maximum absolute atomic E-state index is 6.07. The molecular weight excluding hydrogens is 234 g/mol. The third kappa shape index (κ3) is 3.18. The second kappa shape index (κ2) is 5.26. The van der Waals surface area contributed by atoms with Crippen molar-refractivity contribution in [3.05, 3.63) is 35.4 Å². The van der Waals surface area contributed by atoms with Crippen molar-refractivity contribution in [2.24, 2.45) is 0 Å². The predicted octanol–water partition coefficient (Wildman–Crippen LogP) is 3.60. The van der Waals surface area contributed by atoms with E-state index in [1.54, 1.807) is 0 Å². The van der Waals surface area contributed by atoms with Crippen LogP contribution >= 0.6 is 0 Å². The van der Waals surface area contributed by atoms with E-state index in [1.165, 1.54) is 11.1 Å². The number of hydrogen-bond donors (Lipinski definition) is 1. The van der Waals surface area contributed by atoms with Crippen molar-refractivity contribution in [1.29, 1.82) is 0 Å². The van der Waals surface area contributed by atoms with Gasteiger partial charge in [0.2, 0.25) is 0 Å². The molecule has 0 saturated carbocycles. The molecule has 2 heteroatoms. The second-order valence-corrected chi connectivity index (χ2v) is 6.89. The molecule has 0 aliphatic carbocycles. The van der Waals surface area contributed by atoms with E-state index >= 15 is 0 Å². The standard InChI is InChI=1S/C17H27NO/c1-16(2,3)13-6-8-14(9-7-13)17(4)12-15(18-5)10-11-19-17/h6-9,15,18H,10-12H2,1-5H3. The monoisotopic (exact) mass is 261 g/mol. The van der Waals surface area contributed by atoms with Gasteiger partial charge in [0.05, 0.1) is 5.60 Å². The van der Waals surface area contributed by atoms with Crippen LogP contribution in [0.4, 0.5) is 0 Å². The van der Waals surface area contributed by atoms with Gasteiger partial charge in [0, 0.05) is 12.6 Å². The largest absolute Gasteiger partial charge is 0.370 e. The van der Waals surface area contributed by atoms with Gasteiger partial charge >= 0.3 is 0 Å². The summed E-state index contributed by atoms with van der Waals surface area (Å²) in [4.78, 5) is 0. The van der Waals surface area contributed by atoms with Crippen LogP contribution in [-0.4, -0.2) is 19.7 Å². The van der Waals surface area contributed by atoms with E-state index in [9.17, 15) is 0 Å². The van der Waals surface area contributed by atoms with Crippen molar-refractivity contribution in [3.63, 3.8) is 0 Å². The zero-order valence-electron chi connectivity index (χ0n) is 12.9. The van der Waals surface area contributed by atoms with E-state index in [0.29, 0.717) is 6.04 Å². The summed E-state index contributed by atoms with van der Waals surface area (Å²) in [6.07, 6.45) is 2.14. The van der Waals surface area contributed by atoms with Crippen molar-refractivity contribution in [1.82, 2.24) is 5.32 Å². The SMILES string of the molecule is CNC1CCOC(C)(c2ccc(C(C)(C)C)cc2)C1. The van der Waals surface area contributed by atoms with E-state index in [-0.39, 0.29) is 11.0 Å². The molecule has 1 aromatic rings. The van der Waals surface area contributed by atoms with Gasteiger partial charge in [-0.1, -0.05) is 45.0 Å². The quantitative estimate of drug-likeness (QED) is 0.878. The van der Waals surface area contributed by atoms with Gasteiger partial charge in [0.25, 0.3) is 0 Å². The van der Waals surface area contributed by atoms with Gasteiger partial charge in [0.1, 0.15) is 0 Å². The van der Waals surface area contributed by atoms with Crippen LogP contribution in [0.3, 0.4) is 0 Å². The lowest BCUT2D eigenvalue weighted by Crippen LogP contribution is -2.42. The summed E-state index contributed by atoms with van der Waals surface area (Å²) in [6, 6.07) is 9.51. The minimum absolute atomic E-state index is 0.150. The molecule has 1 fully saturated rings. The smallest absolute Gasteiger partial charge is 0.0918 e. The van der Waals surface area contributed by atoms with Gasteiger partial charge in [-0.2, -0.15) is 0 Å². The molecule has 106 valence electrons. The van der Waals surface area contributed by atoms with Crippen molar-refractivity contribution in [2.45, 2.75) is 57.6 Å². The minimum atomic E-state index is -0.150. The molecule has 1 N–H and O–H groups in total. The molecule has 1 aliphatic rings. The fourth-order valence-electron chi connectivity index (χ4n) is 2.83. The Hall–Kier alpha value is -0.860. The van der Waals surface area contributed by atoms with Crippen LogP contribution in [0.15, 0.2) is 24.3 Å². The van der Waals surface area contributed by atoms with Crippen LogP contribution in [0.2, 0.25) is 0 Å². The fourth-order valence-corrected chi connectivity index (χ4v) is 2.83. The first-order valence-corrected chi connectivity index (χ1v) is 7.27. The van der Waals surface area contributed by atoms with Gasteiger partial charge in [-0.15, -0.1) is 0 Å². The molecule has 0 spiro atoms. The Balaban J connectivity index is 2.21. The summed E-state index contributed by atoms with van der Waals surface area (Å²) in [5, 5.41) is 3.38. The van der Waals surface area contributed by atoms with E-state index in [4.69, 9.17) is 4.74 Å². The lowest BCUT2D eigenvalue weighted by molar-refractivity contribution is -0.0804. The van der Waals surface area contributed by atoms with Crippen molar-refractivity contribution in [2.75, 3.05) is 13.7 Å². The first kappa shape index (κ1) is 14.5. The summed E-state index contributed by atoms with van der Waals surface area (Å²) in [5.41, 5.74) is 2.73. The molecule has 2 atom stereocenters. The summed E-state index contributed by atoms with van der Waals surface area (Å²) >= 11 is 0. The molecule has 0 amide bonds. The van der Waals surface area contributed by atoms with Gasteiger partial charge < -0.3 is 10.1 Å². The molecule has 2 rings (SSSR count). The highest BCUT2D eigenvalue weighted by Gasteiger charge is 2.34.